The Balaban J connectivity index is 1.45. The van der Waals surface area contributed by atoms with E-state index in [4.69, 9.17) is 4.98 Å². The van der Waals surface area contributed by atoms with Crippen molar-refractivity contribution in [2.75, 3.05) is 50.4 Å². The molecule has 1 saturated heterocycles. The Hall–Kier alpha value is -3.29. The monoisotopic (exact) mass is 428 g/mol. The molecule has 7 heteroatoms. The molecule has 1 unspecified atom stereocenters. The number of fused-ring (bicyclic) bond motifs is 3. The zero-order chi connectivity index (χ0) is 21.9. The Morgan fingerprint density at radius 2 is 1.78 bits per heavy atom. The number of hydrogen-bond donors (Lipinski definition) is 2. The molecule has 2 aromatic carbocycles. The number of para-hydroxylation sites is 1. The number of benzene rings is 2. The van der Waals surface area contributed by atoms with E-state index >= 15 is 0 Å². The van der Waals surface area contributed by atoms with E-state index in [2.05, 4.69) is 56.7 Å². The summed E-state index contributed by atoms with van der Waals surface area (Å²) in [7, 11) is 2.17. The number of anilines is 2. The zero-order valence-corrected chi connectivity index (χ0v) is 18.3. The Bertz CT molecular complexity index is 1090. The van der Waals surface area contributed by atoms with Gasteiger partial charge < -0.3 is 15.5 Å². The van der Waals surface area contributed by atoms with Crippen LogP contribution in [0.3, 0.4) is 0 Å². The van der Waals surface area contributed by atoms with Gasteiger partial charge in [-0.05, 0) is 18.7 Å². The van der Waals surface area contributed by atoms with E-state index in [-0.39, 0.29) is 18.4 Å². The standard InChI is InChI=1S/C25H28N6O/c1-30-11-13-31(14-12-30)17-22(18-7-3-2-4-8-18)28-25-26-16-19-15-23(32)27-21-10-6-5-9-20(21)24(19)29-25/h2-10,16,22H,11-15,17H2,1H3,(H,27,32)(H,26,28,29). The first kappa shape index (κ1) is 20.6. The van der Waals surface area contributed by atoms with Crippen LogP contribution in [-0.4, -0.2) is 65.4 Å². The second kappa shape index (κ2) is 9.06. The third-order valence-electron chi connectivity index (χ3n) is 6.21. The van der Waals surface area contributed by atoms with E-state index in [1.54, 1.807) is 6.20 Å². The number of nitrogens with zero attached hydrogens (tertiary/aromatic N) is 4. The van der Waals surface area contributed by atoms with Crippen LogP contribution in [-0.2, 0) is 11.2 Å². The van der Waals surface area contributed by atoms with Crippen LogP contribution >= 0.6 is 0 Å². The molecule has 1 atom stereocenters. The van der Waals surface area contributed by atoms with Crippen molar-refractivity contribution in [2.45, 2.75) is 12.5 Å². The topological polar surface area (TPSA) is 73.4 Å². The zero-order valence-electron chi connectivity index (χ0n) is 18.3. The third-order valence-corrected chi connectivity index (χ3v) is 6.21. The molecule has 164 valence electrons. The minimum atomic E-state index is -0.0438. The van der Waals surface area contributed by atoms with Crippen molar-refractivity contribution in [2.24, 2.45) is 0 Å². The van der Waals surface area contributed by atoms with Crippen LogP contribution in [0.2, 0.25) is 0 Å². The van der Waals surface area contributed by atoms with Crippen LogP contribution in [0.25, 0.3) is 11.3 Å². The minimum absolute atomic E-state index is 0.0438. The number of nitrogens with one attached hydrogen (secondary N) is 2. The third kappa shape index (κ3) is 4.49. The quantitative estimate of drug-likeness (QED) is 0.651. The van der Waals surface area contributed by atoms with Crippen LogP contribution in [0, 0.1) is 0 Å². The van der Waals surface area contributed by atoms with E-state index in [9.17, 15) is 4.79 Å². The average Bonchev–Trinajstić information content (AvgIpc) is 2.96. The highest BCUT2D eigenvalue weighted by molar-refractivity contribution is 5.99. The van der Waals surface area contributed by atoms with Gasteiger partial charge in [0.2, 0.25) is 11.9 Å². The molecule has 0 spiro atoms. The number of piperazine rings is 1. The summed E-state index contributed by atoms with van der Waals surface area (Å²) in [6, 6.07) is 18.3. The molecule has 0 radical (unpaired) electrons. The second-order valence-corrected chi connectivity index (χ2v) is 8.55. The van der Waals surface area contributed by atoms with Gasteiger partial charge in [0.1, 0.15) is 0 Å². The van der Waals surface area contributed by atoms with E-state index in [0.29, 0.717) is 5.95 Å². The molecule has 1 aromatic heterocycles. The molecular weight excluding hydrogens is 400 g/mol. The summed E-state index contributed by atoms with van der Waals surface area (Å²) < 4.78 is 0. The Kier molecular flexibility index (Phi) is 5.83. The van der Waals surface area contributed by atoms with Gasteiger partial charge in [0.15, 0.2) is 0 Å². The fraction of sp³-hybridized carbons (Fsp3) is 0.320. The van der Waals surface area contributed by atoms with Crippen molar-refractivity contribution in [3.8, 4) is 11.3 Å². The molecule has 1 amide bonds. The van der Waals surface area contributed by atoms with Crippen LogP contribution < -0.4 is 10.6 Å². The summed E-state index contributed by atoms with van der Waals surface area (Å²) in [6.07, 6.45) is 2.05. The molecule has 0 saturated carbocycles. The Labute approximate surface area is 188 Å². The van der Waals surface area contributed by atoms with Crippen LogP contribution in [0.1, 0.15) is 17.2 Å². The van der Waals surface area contributed by atoms with Gasteiger partial charge in [-0.3, -0.25) is 9.69 Å². The van der Waals surface area contributed by atoms with Crippen molar-refractivity contribution in [1.29, 1.82) is 0 Å². The number of likely N-dealkylation sites (N-methyl/N-ethyl adjacent to an activating group) is 1. The average molecular weight is 429 g/mol. The lowest BCUT2D eigenvalue weighted by atomic mass is 10.0. The van der Waals surface area contributed by atoms with Gasteiger partial charge in [0.25, 0.3) is 0 Å². The smallest absolute Gasteiger partial charge is 0.228 e. The van der Waals surface area contributed by atoms with Gasteiger partial charge in [0.05, 0.1) is 23.8 Å². The van der Waals surface area contributed by atoms with Crippen LogP contribution in [0.4, 0.5) is 11.6 Å². The molecule has 1 fully saturated rings. The lowest BCUT2D eigenvalue weighted by molar-refractivity contribution is -0.115. The van der Waals surface area contributed by atoms with E-state index in [1.165, 1.54) is 5.56 Å². The SMILES string of the molecule is CN1CCN(CC(Nc2ncc3c(n2)-c2ccccc2NC(=O)C3)c2ccccc2)CC1. The largest absolute Gasteiger partial charge is 0.346 e. The van der Waals surface area contributed by atoms with Gasteiger partial charge >= 0.3 is 0 Å². The van der Waals surface area contributed by atoms with Crippen molar-refractivity contribution in [3.63, 3.8) is 0 Å². The van der Waals surface area contributed by atoms with Gasteiger partial charge in [-0.15, -0.1) is 0 Å². The molecule has 32 heavy (non-hydrogen) atoms. The number of carbonyl (C=O) groups excluding carboxylic acids is 1. The summed E-state index contributed by atoms with van der Waals surface area (Å²) in [5.74, 6) is 0.536. The highest BCUT2D eigenvalue weighted by atomic mass is 16.1. The summed E-state index contributed by atoms with van der Waals surface area (Å²) in [5.41, 5.74) is 4.57. The van der Waals surface area contributed by atoms with Crippen LogP contribution in [0.5, 0.6) is 0 Å². The minimum Gasteiger partial charge on any atom is -0.346 e. The summed E-state index contributed by atoms with van der Waals surface area (Å²) in [6.45, 7) is 5.14. The maximum atomic E-state index is 12.3. The lowest BCUT2D eigenvalue weighted by Crippen LogP contribution is -2.46. The van der Waals surface area contributed by atoms with Crippen molar-refractivity contribution in [1.82, 2.24) is 19.8 Å². The first-order valence-electron chi connectivity index (χ1n) is 11.1. The second-order valence-electron chi connectivity index (χ2n) is 8.55. The molecule has 3 aromatic rings. The predicted octanol–water partition coefficient (Wildman–Crippen LogP) is 3.04. The first-order chi connectivity index (χ1) is 15.7. The highest BCUT2D eigenvalue weighted by Crippen LogP contribution is 2.33. The maximum Gasteiger partial charge on any atom is 0.228 e. The molecular formula is C25H28N6O. The molecule has 7 nitrogen and oxygen atoms in total. The molecule has 3 heterocycles. The lowest BCUT2D eigenvalue weighted by Gasteiger charge is -2.35. The fourth-order valence-corrected chi connectivity index (χ4v) is 4.37. The van der Waals surface area contributed by atoms with Gasteiger partial charge in [0, 0.05) is 50.0 Å². The molecule has 0 bridgehead atoms. The Morgan fingerprint density at radius 3 is 2.59 bits per heavy atom. The molecule has 2 N–H and O–H groups in total. The fourth-order valence-electron chi connectivity index (χ4n) is 4.37. The predicted molar refractivity (Wildman–Crippen MR) is 127 cm³/mol. The summed E-state index contributed by atoms with van der Waals surface area (Å²) in [4.78, 5) is 26.6. The van der Waals surface area contributed by atoms with Crippen LogP contribution in [0.15, 0.2) is 60.8 Å². The molecule has 5 rings (SSSR count). The number of rotatable bonds is 5. The van der Waals surface area contributed by atoms with E-state index < -0.39 is 0 Å². The summed E-state index contributed by atoms with van der Waals surface area (Å²) >= 11 is 0. The molecule has 2 aliphatic rings. The first-order valence-corrected chi connectivity index (χ1v) is 11.1. The van der Waals surface area contributed by atoms with E-state index in [1.807, 2.05) is 30.3 Å². The molecule has 0 aliphatic carbocycles. The van der Waals surface area contributed by atoms with Crippen molar-refractivity contribution in [3.05, 3.63) is 71.9 Å². The van der Waals surface area contributed by atoms with E-state index in [0.717, 1.165) is 55.2 Å². The number of hydrogen-bond acceptors (Lipinski definition) is 6. The normalized spacial score (nSPS) is 17.6. The number of aromatic nitrogens is 2. The van der Waals surface area contributed by atoms with Gasteiger partial charge in [-0.2, -0.15) is 0 Å². The number of amides is 1. The number of carbonyl (C=O) groups is 1. The van der Waals surface area contributed by atoms with Crippen molar-refractivity contribution < 1.29 is 4.79 Å². The molecule has 2 aliphatic heterocycles. The summed E-state index contributed by atoms with van der Waals surface area (Å²) in [5, 5.41) is 6.56. The Morgan fingerprint density at radius 1 is 1.03 bits per heavy atom. The van der Waals surface area contributed by atoms with Gasteiger partial charge in [-0.1, -0.05) is 48.5 Å². The van der Waals surface area contributed by atoms with Crippen molar-refractivity contribution >= 4 is 17.5 Å². The maximum absolute atomic E-state index is 12.3. The van der Waals surface area contributed by atoms with Gasteiger partial charge in [-0.25, -0.2) is 9.97 Å². The highest BCUT2D eigenvalue weighted by Gasteiger charge is 2.23.